The fourth-order valence-electron chi connectivity index (χ4n) is 0.758. The minimum Gasteiger partial charge on any atom is -0.466 e. The Bertz CT molecular complexity index is 201. The van der Waals surface area contributed by atoms with Crippen LogP contribution in [0.15, 0.2) is 12.7 Å². The van der Waals surface area contributed by atoms with Gasteiger partial charge in [0.15, 0.2) is 0 Å². The first-order chi connectivity index (χ1) is 6.11. The molecule has 0 spiro atoms. The highest BCUT2D eigenvalue weighted by atomic mass is 16.5. The summed E-state index contributed by atoms with van der Waals surface area (Å²) in [5, 5.41) is 0. The summed E-state index contributed by atoms with van der Waals surface area (Å²) in [7, 11) is 1.61. The molecule has 0 aromatic heterocycles. The molecule has 0 N–H and O–H groups in total. The lowest BCUT2D eigenvalue weighted by atomic mass is 10.4. The summed E-state index contributed by atoms with van der Waals surface area (Å²) in [5.41, 5.74) is 0. The summed E-state index contributed by atoms with van der Waals surface area (Å²) < 4.78 is 4.70. The van der Waals surface area contributed by atoms with Crippen LogP contribution < -0.4 is 0 Å². The summed E-state index contributed by atoms with van der Waals surface area (Å²) in [6, 6.07) is 0. The van der Waals surface area contributed by atoms with E-state index in [0.29, 0.717) is 13.2 Å². The Balaban J connectivity index is 3.69. The van der Waals surface area contributed by atoms with Crippen LogP contribution >= 0.6 is 0 Å². The van der Waals surface area contributed by atoms with E-state index >= 15 is 0 Å². The molecular weight excluding hydrogens is 170 g/mol. The Labute approximate surface area is 78.2 Å². The van der Waals surface area contributed by atoms with Crippen molar-refractivity contribution in [1.29, 1.82) is 0 Å². The van der Waals surface area contributed by atoms with E-state index in [0.717, 1.165) is 0 Å². The van der Waals surface area contributed by atoms with E-state index in [1.807, 2.05) is 0 Å². The lowest BCUT2D eigenvalue weighted by Gasteiger charge is -2.13. The van der Waals surface area contributed by atoms with E-state index in [1.54, 1.807) is 14.0 Å². The van der Waals surface area contributed by atoms with Gasteiger partial charge in [0.1, 0.15) is 0 Å². The van der Waals surface area contributed by atoms with Crippen LogP contribution in [0.5, 0.6) is 0 Å². The lowest BCUT2D eigenvalue weighted by Crippen LogP contribution is -2.27. The number of amides is 1. The first-order valence-electron chi connectivity index (χ1n) is 4.15. The standard InChI is InChI=1S/C9H15NO3/c1-4-8(11)10(3)7-6-9(12)13-5-2/h4H,1,5-7H2,2-3H3. The molecule has 4 nitrogen and oxygen atoms in total. The summed E-state index contributed by atoms with van der Waals surface area (Å²) in [6.07, 6.45) is 1.44. The molecule has 0 aromatic rings. The minimum absolute atomic E-state index is 0.190. The van der Waals surface area contributed by atoms with Gasteiger partial charge in [-0.25, -0.2) is 0 Å². The highest BCUT2D eigenvalue weighted by Gasteiger charge is 2.07. The number of nitrogens with zero attached hydrogens (tertiary/aromatic N) is 1. The maximum absolute atomic E-state index is 10.9. The van der Waals surface area contributed by atoms with Crippen molar-refractivity contribution in [2.24, 2.45) is 0 Å². The quantitative estimate of drug-likeness (QED) is 0.465. The van der Waals surface area contributed by atoms with Crippen LogP contribution in [0.25, 0.3) is 0 Å². The predicted octanol–water partition coefficient (Wildman–Crippen LogP) is 0.584. The third-order valence-corrected chi connectivity index (χ3v) is 1.51. The molecule has 4 heteroatoms. The summed E-state index contributed by atoms with van der Waals surface area (Å²) in [4.78, 5) is 23.2. The molecule has 74 valence electrons. The normalized spacial score (nSPS) is 9.08. The Morgan fingerprint density at radius 2 is 2.15 bits per heavy atom. The zero-order chi connectivity index (χ0) is 10.3. The van der Waals surface area contributed by atoms with Gasteiger partial charge >= 0.3 is 5.97 Å². The van der Waals surface area contributed by atoms with Gasteiger partial charge in [0.25, 0.3) is 0 Å². The monoisotopic (exact) mass is 185 g/mol. The summed E-state index contributed by atoms with van der Waals surface area (Å²) in [6.45, 7) is 5.82. The molecule has 1 amide bonds. The molecule has 0 saturated carbocycles. The van der Waals surface area contributed by atoms with Gasteiger partial charge in [0.2, 0.25) is 5.91 Å². The zero-order valence-corrected chi connectivity index (χ0v) is 8.08. The van der Waals surface area contributed by atoms with Crippen LogP contribution in [0.4, 0.5) is 0 Å². The Hall–Kier alpha value is -1.32. The first kappa shape index (κ1) is 11.7. The zero-order valence-electron chi connectivity index (χ0n) is 8.08. The topological polar surface area (TPSA) is 46.6 Å². The van der Waals surface area contributed by atoms with Crippen LogP contribution in [0.2, 0.25) is 0 Å². The molecule has 0 atom stereocenters. The van der Waals surface area contributed by atoms with Crippen molar-refractivity contribution in [2.75, 3.05) is 20.2 Å². The van der Waals surface area contributed by atoms with Crippen LogP contribution in [0, 0.1) is 0 Å². The SMILES string of the molecule is C=CC(=O)N(C)CCC(=O)OCC. The van der Waals surface area contributed by atoms with Gasteiger partial charge in [0.05, 0.1) is 13.0 Å². The second-order valence-corrected chi connectivity index (χ2v) is 2.52. The minimum atomic E-state index is -0.286. The highest BCUT2D eigenvalue weighted by Crippen LogP contribution is 1.92. The summed E-state index contributed by atoms with van der Waals surface area (Å²) >= 11 is 0. The third-order valence-electron chi connectivity index (χ3n) is 1.51. The van der Waals surface area contributed by atoms with E-state index in [9.17, 15) is 9.59 Å². The average Bonchev–Trinajstić information content (AvgIpc) is 2.13. The van der Waals surface area contributed by atoms with Crippen molar-refractivity contribution >= 4 is 11.9 Å². The van der Waals surface area contributed by atoms with Crippen molar-refractivity contribution < 1.29 is 14.3 Å². The predicted molar refractivity (Wildman–Crippen MR) is 49.1 cm³/mol. The van der Waals surface area contributed by atoms with Gasteiger partial charge in [-0.2, -0.15) is 0 Å². The Kier molecular flexibility index (Phi) is 5.59. The Morgan fingerprint density at radius 3 is 2.62 bits per heavy atom. The van der Waals surface area contributed by atoms with Crippen molar-refractivity contribution in [3.05, 3.63) is 12.7 Å². The van der Waals surface area contributed by atoms with E-state index < -0.39 is 0 Å². The molecule has 0 aromatic carbocycles. The van der Waals surface area contributed by atoms with Crippen LogP contribution in [-0.2, 0) is 14.3 Å². The number of hydrogen-bond donors (Lipinski definition) is 0. The van der Waals surface area contributed by atoms with Crippen molar-refractivity contribution in [2.45, 2.75) is 13.3 Å². The molecule has 0 radical (unpaired) electrons. The molecule has 0 aliphatic carbocycles. The van der Waals surface area contributed by atoms with Crippen LogP contribution in [0.1, 0.15) is 13.3 Å². The fourth-order valence-corrected chi connectivity index (χ4v) is 0.758. The Morgan fingerprint density at radius 1 is 1.54 bits per heavy atom. The number of esters is 1. The van der Waals surface area contributed by atoms with Gasteiger partial charge in [-0.1, -0.05) is 6.58 Å². The highest BCUT2D eigenvalue weighted by molar-refractivity contribution is 5.87. The van der Waals surface area contributed by atoms with Crippen LogP contribution in [0.3, 0.4) is 0 Å². The molecule has 0 saturated heterocycles. The third kappa shape index (κ3) is 5.00. The largest absolute Gasteiger partial charge is 0.466 e. The number of carbonyl (C=O) groups is 2. The van der Waals surface area contributed by atoms with Crippen molar-refractivity contribution in [1.82, 2.24) is 4.90 Å². The number of likely N-dealkylation sites (N-methyl/N-ethyl adjacent to an activating group) is 1. The van der Waals surface area contributed by atoms with Gasteiger partial charge < -0.3 is 9.64 Å². The van der Waals surface area contributed by atoms with Crippen LogP contribution in [-0.4, -0.2) is 37.0 Å². The number of ether oxygens (including phenoxy) is 1. The number of rotatable bonds is 5. The lowest BCUT2D eigenvalue weighted by molar-refractivity contribution is -0.143. The maximum atomic E-state index is 10.9. The van der Waals surface area contributed by atoms with Gasteiger partial charge in [-0.15, -0.1) is 0 Å². The maximum Gasteiger partial charge on any atom is 0.307 e. The van der Waals surface area contributed by atoms with Gasteiger partial charge in [-0.3, -0.25) is 9.59 Å². The van der Waals surface area contributed by atoms with E-state index in [4.69, 9.17) is 4.74 Å². The molecule has 0 unspecified atom stereocenters. The number of carbonyl (C=O) groups excluding carboxylic acids is 2. The van der Waals surface area contributed by atoms with E-state index in [-0.39, 0.29) is 18.3 Å². The molecular formula is C9H15NO3. The molecule has 0 bridgehead atoms. The molecule has 0 rings (SSSR count). The summed E-state index contributed by atoms with van der Waals surface area (Å²) in [5.74, 6) is -0.476. The van der Waals surface area contributed by atoms with Gasteiger partial charge in [0, 0.05) is 13.6 Å². The van der Waals surface area contributed by atoms with E-state index in [1.165, 1.54) is 11.0 Å². The smallest absolute Gasteiger partial charge is 0.307 e. The second-order valence-electron chi connectivity index (χ2n) is 2.52. The molecule has 13 heavy (non-hydrogen) atoms. The fraction of sp³-hybridized carbons (Fsp3) is 0.556. The first-order valence-corrected chi connectivity index (χ1v) is 4.15. The van der Waals surface area contributed by atoms with Crippen molar-refractivity contribution in [3.63, 3.8) is 0 Å². The van der Waals surface area contributed by atoms with Gasteiger partial charge in [-0.05, 0) is 13.0 Å². The molecule has 0 fully saturated rings. The van der Waals surface area contributed by atoms with Crippen molar-refractivity contribution in [3.8, 4) is 0 Å². The molecule has 0 heterocycles. The average molecular weight is 185 g/mol. The molecule has 0 aliphatic rings. The molecule has 0 aliphatic heterocycles. The second kappa shape index (κ2) is 6.22. The number of hydrogen-bond acceptors (Lipinski definition) is 3. The van der Waals surface area contributed by atoms with E-state index in [2.05, 4.69) is 6.58 Å².